The van der Waals surface area contributed by atoms with Gasteiger partial charge in [0.25, 0.3) is 0 Å². The van der Waals surface area contributed by atoms with Crippen molar-refractivity contribution in [2.45, 2.75) is 32.5 Å². The van der Waals surface area contributed by atoms with Crippen LogP contribution in [0.15, 0.2) is 6.20 Å². The van der Waals surface area contributed by atoms with Crippen LogP contribution in [0.2, 0.25) is 0 Å². The van der Waals surface area contributed by atoms with E-state index in [0.717, 1.165) is 5.69 Å². The highest BCUT2D eigenvalue weighted by Crippen LogP contribution is 2.26. The molecule has 74 valence electrons. The molecule has 0 amide bonds. The van der Waals surface area contributed by atoms with Crippen LogP contribution in [0.4, 0.5) is 0 Å². The quantitative estimate of drug-likeness (QED) is 0.705. The molecular formula is C9H16N2O2. The topological polar surface area (TPSA) is 58.3 Å². The third-order valence-corrected chi connectivity index (χ3v) is 2.02. The highest BCUT2D eigenvalue weighted by atomic mass is 16.3. The predicted octanol–water partition coefficient (Wildman–Crippen LogP) is 0.533. The van der Waals surface area contributed by atoms with Gasteiger partial charge < -0.3 is 10.2 Å². The second-order valence-electron chi connectivity index (χ2n) is 3.90. The Morgan fingerprint density at radius 1 is 1.54 bits per heavy atom. The zero-order chi connectivity index (χ0) is 10.2. The molecule has 1 unspecified atom stereocenters. The fourth-order valence-corrected chi connectivity index (χ4v) is 1.27. The molecule has 1 heterocycles. The van der Waals surface area contributed by atoms with E-state index in [1.165, 1.54) is 0 Å². The Labute approximate surface area is 77.8 Å². The lowest BCUT2D eigenvalue weighted by molar-refractivity contribution is -0.0500. The van der Waals surface area contributed by atoms with Gasteiger partial charge in [-0.1, -0.05) is 0 Å². The number of aliphatic hydroxyl groups excluding tert-OH is 1. The molecule has 1 rings (SSSR count). The van der Waals surface area contributed by atoms with Gasteiger partial charge in [-0.15, -0.1) is 0 Å². The molecule has 0 aliphatic carbocycles. The fourth-order valence-electron chi connectivity index (χ4n) is 1.27. The third-order valence-electron chi connectivity index (χ3n) is 2.02. The van der Waals surface area contributed by atoms with Crippen molar-refractivity contribution in [1.82, 2.24) is 9.78 Å². The average Bonchev–Trinajstić information content (AvgIpc) is 2.26. The molecule has 0 spiro atoms. The summed E-state index contributed by atoms with van der Waals surface area (Å²) < 4.78 is 1.62. The first-order chi connectivity index (χ1) is 5.82. The van der Waals surface area contributed by atoms with E-state index in [4.69, 9.17) is 0 Å². The van der Waals surface area contributed by atoms with E-state index in [1.54, 1.807) is 31.8 Å². The lowest BCUT2D eigenvalue weighted by Crippen LogP contribution is -2.28. The summed E-state index contributed by atoms with van der Waals surface area (Å²) >= 11 is 0. The maximum Gasteiger partial charge on any atom is 0.110 e. The number of hydrogen-bond donors (Lipinski definition) is 2. The molecule has 1 atom stereocenters. The van der Waals surface area contributed by atoms with Crippen LogP contribution < -0.4 is 0 Å². The molecule has 0 fully saturated rings. The van der Waals surface area contributed by atoms with Crippen molar-refractivity contribution in [3.05, 3.63) is 17.5 Å². The van der Waals surface area contributed by atoms with Crippen molar-refractivity contribution >= 4 is 0 Å². The van der Waals surface area contributed by atoms with Crippen LogP contribution in [-0.2, 0) is 7.05 Å². The number of nitrogens with zero attached hydrogens (tertiary/aromatic N) is 2. The molecule has 4 nitrogen and oxygen atoms in total. The molecular weight excluding hydrogens is 168 g/mol. The van der Waals surface area contributed by atoms with Gasteiger partial charge in [-0.25, -0.2) is 0 Å². The standard InChI is InChI=1S/C9H16N2O2/c1-6-7(5-11(4)10-6)8(12)9(2,3)13/h5,8,12-13H,1-4H3. The van der Waals surface area contributed by atoms with Crippen LogP contribution in [0.5, 0.6) is 0 Å². The monoisotopic (exact) mass is 184 g/mol. The van der Waals surface area contributed by atoms with E-state index in [-0.39, 0.29) is 0 Å². The lowest BCUT2D eigenvalue weighted by atomic mass is 9.95. The summed E-state index contributed by atoms with van der Waals surface area (Å²) in [4.78, 5) is 0. The Balaban J connectivity index is 3.01. The van der Waals surface area contributed by atoms with Crippen molar-refractivity contribution in [1.29, 1.82) is 0 Å². The van der Waals surface area contributed by atoms with Gasteiger partial charge in [-0.2, -0.15) is 5.10 Å². The minimum absolute atomic E-state index is 0.676. The number of aliphatic hydroxyl groups is 2. The number of hydrogen-bond acceptors (Lipinski definition) is 3. The Kier molecular flexibility index (Phi) is 2.45. The molecule has 0 saturated carbocycles. The SMILES string of the molecule is Cc1nn(C)cc1C(O)C(C)(C)O. The molecule has 0 aliphatic heterocycles. The van der Waals surface area contributed by atoms with Gasteiger partial charge in [0, 0.05) is 18.8 Å². The van der Waals surface area contributed by atoms with E-state index < -0.39 is 11.7 Å². The Hall–Kier alpha value is -0.870. The first-order valence-corrected chi connectivity index (χ1v) is 4.23. The summed E-state index contributed by atoms with van der Waals surface area (Å²) in [5, 5.41) is 23.4. The highest BCUT2D eigenvalue weighted by molar-refractivity contribution is 5.20. The highest BCUT2D eigenvalue weighted by Gasteiger charge is 2.28. The summed E-state index contributed by atoms with van der Waals surface area (Å²) in [7, 11) is 1.79. The smallest absolute Gasteiger partial charge is 0.110 e. The Bertz CT molecular complexity index is 299. The van der Waals surface area contributed by atoms with Gasteiger partial charge in [0.1, 0.15) is 6.10 Å². The normalized spacial score (nSPS) is 14.6. The van der Waals surface area contributed by atoms with Gasteiger partial charge in [0.05, 0.1) is 11.3 Å². The third kappa shape index (κ3) is 2.08. The molecule has 2 N–H and O–H groups in total. The van der Waals surface area contributed by atoms with Crippen LogP contribution in [0.1, 0.15) is 31.2 Å². The molecule has 1 aromatic heterocycles. The van der Waals surface area contributed by atoms with Crippen molar-refractivity contribution in [2.24, 2.45) is 7.05 Å². The molecule has 1 aromatic rings. The van der Waals surface area contributed by atoms with Gasteiger partial charge in [0.2, 0.25) is 0 Å². The predicted molar refractivity (Wildman–Crippen MR) is 49.2 cm³/mol. The van der Waals surface area contributed by atoms with E-state index >= 15 is 0 Å². The second-order valence-corrected chi connectivity index (χ2v) is 3.90. The first kappa shape index (κ1) is 10.2. The Morgan fingerprint density at radius 3 is 2.38 bits per heavy atom. The van der Waals surface area contributed by atoms with Crippen LogP contribution in [0, 0.1) is 6.92 Å². The summed E-state index contributed by atoms with van der Waals surface area (Å²) in [6.45, 7) is 4.96. The van der Waals surface area contributed by atoms with Crippen molar-refractivity contribution < 1.29 is 10.2 Å². The molecule has 0 aliphatic rings. The molecule has 0 radical (unpaired) electrons. The summed E-state index contributed by atoms with van der Waals surface area (Å²) in [6.07, 6.45) is 0.832. The number of rotatable bonds is 2. The van der Waals surface area contributed by atoms with Gasteiger partial charge in [-0.3, -0.25) is 4.68 Å². The van der Waals surface area contributed by atoms with E-state index in [9.17, 15) is 10.2 Å². The van der Waals surface area contributed by atoms with E-state index in [2.05, 4.69) is 5.10 Å². The zero-order valence-electron chi connectivity index (χ0n) is 8.44. The van der Waals surface area contributed by atoms with Crippen molar-refractivity contribution in [2.75, 3.05) is 0 Å². The molecule has 0 aromatic carbocycles. The average molecular weight is 184 g/mol. The van der Waals surface area contributed by atoms with E-state index in [1.807, 2.05) is 6.92 Å². The van der Waals surface area contributed by atoms with Gasteiger partial charge in [-0.05, 0) is 20.8 Å². The van der Waals surface area contributed by atoms with Gasteiger partial charge in [0.15, 0.2) is 0 Å². The van der Waals surface area contributed by atoms with Crippen molar-refractivity contribution in [3.63, 3.8) is 0 Å². The van der Waals surface area contributed by atoms with Crippen LogP contribution in [-0.4, -0.2) is 25.6 Å². The maximum absolute atomic E-state index is 9.75. The Morgan fingerprint density at radius 2 is 2.08 bits per heavy atom. The number of aromatic nitrogens is 2. The molecule has 0 saturated heterocycles. The van der Waals surface area contributed by atoms with E-state index in [0.29, 0.717) is 5.56 Å². The summed E-state index contributed by atoms with van der Waals surface area (Å²) in [5.41, 5.74) is 0.292. The number of aryl methyl sites for hydroxylation is 2. The minimum Gasteiger partial charge on any atom is -0.387 e. The molecule has 13 heavy (non-hydrogen) atoms. The van der Waals surface area contributed by atoms with Crippen LogP contribution in [0.25, 0.3) is 0 Å². The lowest BCUT2D eigenvalue weighted by Gasteiger charge is -2.23. The maximum atomic E-state index is 9.75. The second kappa shape index (κ2) is 3.12. The summed E-state index contributed by atoms with van der Waals surface area (Å²) in [6, 6.07) is 0. The largest absolute Gasteiger partial charge is 0.387 e. The molecule has 4 heteroatoms. The fraction of sp³-hybridized carbons (Fsp3) is 0.667. The molecule has 0 bridgehead atoms. The van der Waals surface area contributed by atoms with Crippen molar-refractivity contribution in [3.8, 4) is 0 Å². The van der Waals surface area contributed by atoms with Gasteiger partial charge >= 0.3 is 0 Å². The zero-order valence-corrected chi connectivity index (χ0v) is 8.44. The van der Waals surface area contributed by atoms with Crippen LogP contribution >= 0.6 is 0 Å². The minimum atomic E-state index is -1.13. The summed E-state index contributed by atoms with van der Waals surface area (Å²) in [5.74, 6) is 0. The van der Waals surface area contributed by atoms with Crippen LogP contribution in [0.3, 0.4) is 0 Å². The first-order valence-electron chi connectivity index (χ1n) is 4.23.